The highest BCUT2D eigenvalue weighted by Crippen LogP contribution is 2.36. The van der Waals surface area contributed by atoms with Crippen molar-refractivity contribution < 1.29 is 14.0 Å². The molecule has 0 N–H and O–H groups in total. The molecule has 4 heteroatoms. The molecule has 0 fully saturated rings. The van der Waals surface area contributed by atoms with Crippen LogP contribution < -0.4 is 0 Å². The molecular formula is C26H52O3Si. The Morgan fingerprint density at radius 3 is 2.10 bits per heavy atom. The molecule has 1 atom stereocenters. The number of carbonyl (C=O) groups excluding carboxylic acids is 1. The normalized spacial score (nSPS) is 13.7. The van der Waals surface area contributed by atoms with Crippen LogP contribution >= 0.6 is 0 Å². The molecule has 0 spiro atoms. The highest BCUT2D eigenvalue weighted by atomic mass is 28.4. The second-order valence-corrected chi connectivity index (χ2v) is 15.1. The van der Waals surface area contributed by atoms with Gasteiger partial charge in [-0.05, 0) is 50.2 Å². The van der Waals surface area contributed by atoms with Gasteiger partial charge in [0.2, 0.25) is 0 Å². The lowest BCUT2D eigenvalue weighted by Crippen LogP contribution is -2.40. The molecule has 0 aliphatic rings. The van der Waals surface area contributed by atoms with E-state index in [0.717, 1.165) is 32.3 Å². The molecule has 3 nitrogen and oxygen atoms in total. The third-order valence-electron chi connectivity index (χ3n) is 6.31. The molecule has 0 bridgehead atoms. The lowest BCUT2D eigenvalue weighted by Gasteiger charge is -2.36. The predicted octanol–water partition coefficient (Wildman–Crippen LogP) is 8.59. The van der Waals surface area contributed by atoms with Gasteiger partial charge >= 0.3 is 5.97 Å². The highest BCUT2D eigenvalue weighted by molar-refractivity contribution is 6.74. The molecule has 0 rings (SSSR count). The molecule has 0 amide bonds. The summed E-state index contributed by atoms with van der Waals surface area (Å²) in [4.78, 5) is 11.3. The Morgan fingerprint density at radius 1 is 0.900 bits per heavy atom. The first-order chi connectivity index (χ1) is 14.1. The molecule has 0 aromatic heterocycles. The maximum Gasteiger partial charge on any atom is 0.302 e. The van der Waals surface area contributed by atoms with Crippen LogP contribution in [-0.4, -0.2) is 27.0 Å². The third kappa shape index (κ3) is 16.1. The van der Waals surface area contributed by atoms with Crippen molar-refractivity contribution in [2.75, 3.05) is 6.61 Å². The van der Waals surface area contributed by atoms with Gasteiger partial charge in [0.25, 0.3) is 0 Å². The topological polar surface area (TPSA) is 35.5 Å². The van der Waals surface area contributed by atoms with E-state index in [1.807, 2.05) is 0 Å². The Bertz CT molecular complexity index is 452. The zero-order valence-corrected chi connectivity index (χ0v) is 22.4. The first-order valence-electron chi connectivity index (χ1n) is 12.6. The van der Waals surface area contributed by atoms with Crippen molar-refractivity contribution in [1.82, 2.24) is 0 Å². The zero-order chi connectivity index (χ0) is 22.9. The van der Waals surface area contributed by atoms with Crippen LogP contribution in [-0.2, 0) is 14.0 Å². The standard InChI is InChI=1S/C26H52O3Si/c1-8-9-10-18-21-25(29-24(2)27)22-19-16-14-12-11-13-15-17-20-23-28-30(6,7)26(3,4)5/h16,19,25H,8-15,17-18,20-23H2,1-7H3/b19-16-. The lowest BCUT2D eigenvalue weighted by atomic mass is 10.1. The van der Waals surface area contributed by atoms with Crippen LogP contribution in [0.25, 0.3) is 0 Å². The van der Waals surface area contributed by atoms with E-state index in [1.54, 1.807) is 0 Å². The summed E-state index contributed by atoms with van der Waals surface area (Å²) in [6, 6.07) is 0. The third-order valence-corrected chi connectivity index (χ3v) is 10.9. The minimum atomic E-state index is -1.56. The number of ether oxygens (including phenoxy) is 1. The van der Waals surface area contributed by atoms with Crippen LogP contribution in [0.5, 0.6) is 0 Å². The van der Waals surface area contributed by atoms with Crippen LogP contribution in [0.3, 0.4) is 0 Å². The average molecular weight is 441 g/mol. The maximum absolute atomic E-state index is 11.3. The molecule has 0 saturated carbocycles. The van der Waals surface area contributed by atoms with Crippen LogP contribution in [0.15, 0.2) is 12.2 Å². The van der Waals surface area contributed by atoms with Gasteiger partial charge in [-0.15, -0.1) is 0 Å². The minimum Gasteiger partial charge on any atom is -0.462 e. The summed E-state index contributed by atoms with van der Waals surface area (Å²) in [7, 11) is -1.56. The number of carbonyl (C=O) groups is 1. The average Bonchev–Trinajstić information content (AvgIpc) is 2.64. The van der Waals surface area contributed by atoms with Crippen molar-refractivity contribution in [1.29, 1.82) is 0 Å². The lowest BCUT2D eigenvalue weighted by molar-refractivity contribution is -0.146. The van der Waals surface area contributed by atoms with Crippen molar-refractivity contribution in [2.24, 2.45) is 0 Å². The van der Waals surface area contributed by atoms with E-state index in [4.69, 9.17) is 9.16 Å². The molecule has 1 unspecified atom stereocenters. The molecule has 0 heterocycles. The fraction of sp³-hybridized carbons (Fsp3) is 0.885. The monoisotopic (exact) mass is 440 g/mol. The summed E-state index contributed by atoms with van der Waals surface area (Å²) in [6.45, 7) is 16.2. The second kappa shape index (κ2) is 17.0. The van der Waals surface area contributed by atoms with Gasteiger partial charge in [-0.3, -0.25) is 4.79 Å². The largest absolute Gasteiger partial charge is 0.462 e. The molecular weight excluding hydrogens is 388 g/mol. The van der Waals surface area contributed by atoms with E-state index in [1.165, 1.54) is 64.7 Å². The quantitative estimate of drug-likeness (QED) is 0.0926. The molecule has 0 radical (unpaired) electrons. The van der Waals surface area contributed by atoms with Crippen molar-refractivity contribution in [2.45, 2.75) is 142 Å². The van der Waals surface area contributed by atoms with E-state index in [2.05, 4.69) is 52.9 Å². The molecule has 0 saturated heterocycles. The van der Waals surface area contributed by atoms with Crippen molar-refractivity contribution in [3.05, 3.63) is 12.2 Å². The predicted molar refractivity (Wildman–Crippen MR) is 134 cm³/mol. The van der Waals surface area contributed by atoms with E-state index in [9.17, 15) is 4.79 Å². The highest BCUT2D eigenvalue weighted by Gasteiger charge is 2.36. The number of rotatable bonds is 18. The van der Waals surface area contributed by atoms with Gasteiger partial charge in [0.15, 0.2) is 8.32 Å². The van der Waals surface area contributed by atoms with Gasteiger partial charge in [0.05, 0.1) is 0 Å². The smallest absolute Gasteiger partial charge is 0.302 e. The van der Waals surface area contributed by atoms with Crippen LogP contribution in [0, 0.1) is 0 Å². The van der Waals surface area contributed by atoms with Gasteiger partial charge in [-0.25, -0.2) is 0 Å². The second-order valence-electron chi connectivity index (χ2n) is 10.3. The first kappa shape index (κ1) is 29.4. The van der Waals surface area contributed by atoms with E-state index in [-0.39, 0.29) is 12.1 Å². The van der Waals surface area contributed by atoms with Gasteiger partial charge in [-0.1, -0.05) is 84.8 Å². The van der Waals surface area contributed by atoms with Gasteiger partial charge in [0, 0.05) is 20.0 Å². The molecule has 0 aliphatic carbocycles. The first-order valence-corrected chi connectivity index (χ1v) is 15.5. The molecule has 0 aliphatic heterocycles. The molecule has 30 heavy (non-hydrogen) atoms. The SMILES string of the molecule is CCCCCCC(C/C=C\CCCCCCCCO[Si](C)(C)C(C)(C)C)OC(C)=O. The van der Waals surface area contributed by atoms with E-state index in [0.29, 0.717) is 5.04 Å². The Kier molecular flexibility index (Phi) is 16.7. The number of unbranched alkanes of at least 4 members (excludes halogenated alkanes) is 9. The van der Waals surface area contributed by atoms with E-state index < -0.39 is 8.32 Å². The fourth-order valence-corrected chi connectivity index (χ4v) is 4.33. The Labute approximate surface area is 189 Å². The van der Waals surface area contributed by atoms with E-state index >= 15 is 0 Å². The van der Waals surface area contributed by atoms with Crippen LogP contribution in [0.2, 0.25) is 18.1 Å². The summed E-state index contributed by atoms with van der Waals surface area (Å²) < 4.78 is 11.7. The summed E-state index contributed by atoms with van der Waals surface area (Å²) >= 11 is 0. The Hall–Kier alpha value is -0.613. The summed E-state index contributed by atoms with van der Waals surface area (Å²) in [5, 5.41) is 0.313. The zero-order valence-electron chi connectivity index (χ0n) is 21.4. The summed E-state index contributed by atoms with van der Waals surface area (Å²) in [6.07, 6.45) is 20.1. The van der Waals surface area contributed by atoms with Crippen molar-refractivity contribution in [3.8, 4) is 0 Å². The summed E-state index contributed by atoms with van der Waals surface area (Å²) in [5.41, 5.74) is 0. The Morgan fingerprint density at radius 2 is 1.50 bits per heavy atom. The Balaban J connectivity index is 3.71. The van der Waals surface area contributed by atoms with Gasteiger partial charge < -0.3 is 9.16 Å². The molecule has 178 valence electrons. The van der Waals surface area contributed by atoms with Gasteiger partial charge in [0.1, 0.15) is 6.10 Å². The number of allylic oxidation sites excluding steroid dienone is 1. The van der Waals surface area contributed by atoms with Crippen LogP contribution in [0.1, 0.15) is 118 Å². The number of esters is 1. The summed E-state index contributed by atoms with van der Waals surface area (Å²) in [5.74, 6) is -0.154. The maximum atomic E-state index is 11.3. The van der Waals surface area contributed by atoms with Crippen molar-refractivity contribution >= 4 is 14.3 Å². The van der Waals surface area contributed by atoms with Gasteiger partial charge in [-0.2, -0.15) is 0 Å². The van der Waals surface area contributed by atoms with Crippen LogP contribution in [0.4, 0.5) is 0 Å². The fourth-order valence-electron chi connectivity index (χ4n) is 3.24. The molecule has 0 aromatic carbocycles. The van der Waals surface area contributed by atoms with Crippen molar-refractivity contribution in [3.63, 3.8) is 0 Å². The number of hydrogen-bond donors (Lipinski definition) is 0. The minimum absolute atomic E-state index is 0.0594. The molecule has 0 aromatic rings. The number of hydrogen-bond acceptors (Lipinski definition) is 3.